The fourth-order valence-electron chi connectivity index (χ4n) is 2.25. The van der Waals surface area contributed by atoms with E-state index in [1.807, 2.05) is 0 Å². The molecule has 0 aliphatic heterocycles. The summed E-state index contributed by atoms with van der Waals surface area (Å²) in [6.07, 6.45) is 2.15. The molecule has 1 heterocycles. The second-order valence-corrected chi connectivity index (χ2v) is 6.04. The third-order valence-corrected chi connectivity index (χ3v) is 4.44. The lowest BCUT2D eigenvalue weighted by Gasteiger charge is -2.09. The molecular weight excluding hydrogens is 366 g/mol. The van der Waals surface area contributed by atoms with E-state index >= 15 is 0 Å². The predicted molar refractivity (Wildman–Crippen MR) is 86.2 cm³/mol. The number of carbonyl (C=O) groups excluding carboxylic acids is 1. The Morgan fingerprint density at radius 2 is 2.17 bits per heavy atom. The summed E-state index contributed by atoms with van der Waals surface area (Å²) in [6, 6.07) is 4.42. The molecule has 3 N–H and O–H groups in total. The number of amides is 1. The highest BCUT2D eigenvalue weighted by molar-refractivity contribution is 9.10. The lowest BCUT2D eigenvalue weighted by atomic mass is 10.1. The number of carbonyl (C=O) groups is 2. The number of rotatable bonds is 5. The third-order valence-electron chi connectivity index (χ3n) is 3.64. The highest BCUT2D eigenvalue weighted by Gasteiger charge is 2.30. The SMILES string of the molecule is COc1ccc(NC(=O)c2n[nH]c(C3CC3)c2Br)c(C(=O)O)c1. The van der Waals surface area contributed by atoms with Crippen molar-refractivity contribution < 1.29 is 19.4 Å². The van der Waals surface area contributed by atoms with E-state index in [1.54, 1.807) is 6.07 Å². The number of carboxylic acid groups (broad SMARTS) is 1. The summed E-state index contributed by atoms with van der Waals surface area (Å²) >= 11 is 3.39. The molecule has 8 heteroatoms. The molecule has 23 heavy (non-hydrogen) atoms. The zero-order chi connectivity index (χ0) is 16.6. The third kappa shape index (κ3) is 3.07. The Hall–Kier alpha value is -2.35. The number of hydrogen-bond acceptors (Lipinski definition) is 4. The van der Waals surface area contributed by atoms with Crippen molar-refractivity contribution in [1.29, 1.82) is 0 Å². The monoisotopic (exact) mass is 379 g/mol. The molecule has 1 aromatic carbocycles. The summed E-state index contributed by atoms with van der Waals surface area (Å²) in [7, 11) is 1.44. The highest BCUT2D eigenvalue weighted by atomic mass is 79.9. The molecule has 2 aromatic rings. The number of anilines is 1. The van der Waals surface area contributed by atoms with Crippen LogP contribution in [-0.2, 0) is 0 Å². The van der Waals surface area contributed by atoms with Crippen molar-refractivity contribution in [1.82, 2.24) is 10.2 Å². The largest absolute Gasteiger partial charge is 0.497 e. The van der Waals surface area contributed by atoms with E-state index in [-0.39, 0.29) is 16.9 Å². The number of methoxy groups -OCH3 is 1. The summed E-state index contributed by atoms with van der Waals surface area (Å²) in [5.41, 5.74) is 1.25. The van der Waals surface area contributed by atoms with E-state index in [0.29, 0.717) is 16.1 Å². The van der Waals surface area contributed by atoms with Crippen LogP contribution in [0.15, 0.2) is 22.7 Å². The molecule has 3 rings (SSSR count). The maximum absolute atomic E-state index is 12.4. The predicted octanol–water partition coefficient (Wildman–Crippen LogP) is 3.01. The van der Waals surface area contributed by atoms with Crippen molar-refractivity contribution in [3.8, 4) is 5.75 Å². The van der Waals surface area contributed by atoms with Gasteiger partial charge in [0.25, 0.3) is 5.91 Å². The van der Waals surface area contributed by atoms with Crippen molar-refractivity contribution in [2.75, 3.05) is 12.4 Å². The molecule has 1 aliphatic carbocycles. The Labute approximate surface area is 140 Å². The molecule has 1 aliphatic rings. The van der Waals surface area contributed by atoms with Gasteiger partial charge in [-0.2, -0.15) is 5.10 Å². The Morgan fingerprint density at radius 1 is 1.43 bits per heavy atom. The van der Waals surface area contributed by atoms with Crippen LogP contribution in [0.5, 0.6) is 5.75 Å². The second-order valence-electron chi connectivity index (χ2n) is 5.24. The zero-order valence-electron chi connectivity index (χ0n) is 12.2. The maximum Gasteiger partial charge on any atom is 0.337 e. The lowest BCUT2D eigenvalue weighted by molar-refractivity contribution is 0.0697. The van der Waals surface area contributed by atoms with Gasteiger partial charge in [0.05, 0.1) is 28.5 Å². The van der Waals surface area contributed by atoms with Gasteiger partial charge in [-0.25, -0.2) is 4.79 Å². The molecule has 0 spiro atoms. The van der Waals surface area contributed by atoms with Crippen molar-refractivity contribution in [2.24, 2.45) is 0 Å². The van der Waals surface area contributed by atoms with Crippen LogP contribution >= 0.6 is 15.9 Å². The minimum Gasteiger partial charge on any atom is -0.497 e. The van der Waals surface area contributed by atoms with Crippen LogP contribution in [0.3, 0.4) is 0 Å². The summed E-state index contributed by atoms with van der Waals surface area (Å²) < 4.78 is 5.63. The molecule has 1 amide bonds. The van der Waals surface area contributed by atoms with E-state index in [1.165, 1.54) is 19.2 Å². The van der Waals surface area contributed by atoms with Gasteiger partial charge >= 0.3 is 5.97 Å². The smallest absolute Gasteiger partial charge is 0.337 e. The van der Waals surface area contributed by atoms with Crippen LogP contribution in [0.4, 0.5) is 5.69 Å². The molecule has 120 valence electrons. The van der Waals surface area contributed by atoms with E-state index < -0.39 is 11.9 Å². The average Bonchev–Trinajstić information content (AvgIpc) is 3.30. The molecule has 0 saturated heterocycles. The minimum absolute atomic E-state index is 0.0493. The van der Waals surface area contributed by atoms with Gasteiger partial charge in [-0.15, -0.1) is 0 Å². The minimum atomic E-state index is -1.15. The standard InChI is InChI=1S/C15H14BrN3O4/c1-23-8-4-5-10(9(6-8)15(21)22)17-14(20)13-11(16)12(18-19-13)7-2-3-7/h4-7H,2-3H2,1H3,(H,17,20)(H,18,19)(H,21,22). The number of ether oxygens (including phenoxy) is 1. The van der Waals surface area contributed by atoms with Gasteiger partial charge in [-0.1, -0.05) is 0 Å². The molecule has 0 radical (unpaired) electrons. The number of H-pyrrole nitrogens is 1. The molecule has 7 nitrogen and oxygen atoms in total. The maximum atomic E-state index is 12.4. The first-order chi connectivity index (χ1) is 11.0. The first kappa shape index (κ1) is 15.5. The highest BCUT2D eigenvalue weighted by Crippen LogP contribution is 2.43. The van der Waals surface area contributed by atoms with Crippen molar-refractivity contribution >= 4 is 33.5 Å². The summed E-state index contributed by atoms with van der Waals surface area (Å²) in [5.74, 6) is -0.821. The number of carboxylic acids is 1. The number of aromatic carboxylic acids is 1. The Morgan fingerprint density at radius 3 is 2.78 bits per heavy atom. The summed E-state index contributed by atoms with van der Waals surface area (Å²) in [5, 5.41) is 18.7. The van der Waals surface area contributed by atoms with Gasteiger partial charge in [0.15, 0.2) is 5.69 Å². The van der Waals surface area contributed by atoms with E-state index in [2.05, 4.69) is 31.4 Å². The molecule has 0 atom stereocenters. The van der Waals surface area contributed by atoms with Crippen LogP contribution in [0.1, 0.15) is 45.3 Å². The summed E-state index contributed by atoms with van der Waals surface area (Å²) in [4.78, 5) is 23.7. The zero-order valence-corrected chi connectivity index (χ0v) is 13.8. The molecule has 1 fully saturated rings. The van der Waals surface area contributed by atoms with Gasteiger partial charge < -0.3 is 15.2 Å². The second kappa shape index (κ2) is 6.04. The van der Waals surface area contributed by atoms with Crippen LogP contribution < -0.4 is 10.1 Å². The van der Waals surface area contributed by atoms with Gasteiger partial charge in [-0.3, -0.25) is 9.89 Å². The van der Waals surface area contributed by atoms with Crippen molar-refractivity contribution in [3.05, 3.63) is 39.6 Å². The summed E-state index contributed by atoms with van der Waals surface area (Å²) in [6.45, 7) is 0. The number of aromatic amines is 1. The first-order valence-corrected chi connectivity index (χ1v) is 7.77. The molecular formula is C15H14BrN3O4. The number of nitrogens with zero attached hydrogens (tertiary/aromatic N) is 1. The molecule has 1 aromatic heterocycles. The number of nitrogens with one attached hydrogen (secondary N) is 2. The Balaban J connectivity index is 1.86. The van der Waals surface area contributed by atoms with Crippen LogP contribution in [0, 0.1) is 0 Å². The van der Waals surface area contributed by atoms with Crippen LogP contribution in [0.25, 0.3) is 0 Å². The van der Waals surface area contributed by atoms with Crippen molar-refractivity contribution in [3.63, 3.8) is 0 Å². The quantitative estimate of drug-likeness (QED) is 0.740. The first-order valence-electron chi connectivity index (χ1n) is 6.97. The van der Waals surface area contributed by atoms with E-state index in [4.69, 9.17) is 4.74 Å². The fourth-order valence-corrected chi connectivity index (χ4v) is 2.93. The van der Waals surface area contributed by atoms with Gasteiger partial charge in [0.1, 0.15) is 5.75 Å². The topological polar surface area (TPSA) is 104 Å². The number of aromatic nitrogens is 2. The van der Waals surface area contributed by atoms with Gasteiger partial charge in [-0.05, 0) is 47.0 Å². The molecule has 1 saturated carbocycles. The van der Waals surface area contributed by atoms with Gasteiger partial charge in [0.2, 0.25) is 0 Å². The Kier molecular flexibility index (Phi) is 4.08. The van der Waals surface area contributed by atoms with Crippen LogP contribution in [-0.4, -0.2) is 34.3 Å². The van der Waals surface area contributed by atoms with E-state index in [9.17, 15) is 14.7 Å². The number of benzene rings is 1. The fraction of sp³-hybridized carbons (Fsp3) is 0.267. The average molecular weight is 380 g/mol. The normalized spacial score (nSPS) is 13.7. The number of hydrogen-bond donors (Lipinski definition) is 3. The number of halogens is 1. The lowest BCUT2D eigenvalue weighted by Crippen LogP contribution is -2.16. The molecule has 0 bridgehead atoms. The van der Waals surface area contributed by atoms with Gasteiger partial charge in [0, 0.05) is 5.92 Å². The van der Waals surface area contributed by atoms with Crippen LogP contribution in [0.2, 0.25) is 0 Å². The van der Waals surface area contributed by atoms with E-state index in [0.717, 1.165) is 18.5 Å². The van der Waals surface area contributed by atoms with Crippen molar-refractivity contribution in [2.45, 2.75) is 18.8 Å². The Bertz CT molecular complexity index is 783. The molecule has 0 unspecified atom stereocenters.